The Bertz CT molecular complexity index is 452. The van der Waals surface area contributed by atoms with Crippen LogP contribution in [0, 0.1) is 5.82 Å². The smallest absolute Gasteiger partial charge is 0.129 e. The van der Waals surface area contributed by atoms with Gasteiger partial charge in [-0.1, -0.05) is 6.07 Å². The number of benzene rings is 1. The van der Waals surface area contributed by atoms with Gasteiger partial charge in [0.05, 0.1) is 6.10 Å². The molecule has 0 bridgehead atoms. The van der Waals surface area contributed by atoms with Crippen molar-refractivity contribution >= 4 is 5.69 Å². The lowest BCUT2D eigenvalue weighted by Gasteiger charge is -2.31. The summed E-state index contributed by atoms with van der Waals surface area (Å²) in [5.74, 6) is -0.0967. The maximum atomic E-state index is 14.2. The van der Waals surface area contributed by atoms with Gasteiger partial charge in [-0.25, -0.2) is 4.39 Å². The Morgan fingerprint density at radius 3 is 2.50 bits per heavy atom. The van der Waals surface area contributed by atoms with Gasteiger partial charge in [-0.2, -0.15) is 0 Å². The average molecular weight is 278 g/mol. The number of piperidine rings is 1. The number of nitrogens with zero attached hydrogens (tertiary/aromatic N) is 2. The van der Waals surface area contributed by atoms with Crippen LogP contribution in [0.2, 0.25) is 0 Å². The molecule has 0 aliphatic carbocycles. The van der Waals surface area contributed by atoms with Crippen LogP contribution in [0.5, 0.6) is 0 Å². The molecule has 2 aliphatic heterocycles. The number of hydrogen-bond donors (Lipinski definition) is 1. The van der Waals surface area contributed by atoms with E-state index >= 15 is 0 Å². The second-order valence-electron chi connectivity index (χ2n) is 5.94. The Balaban J connectivity index is 1.77. The zero-order valence-electron chi connectivity index (χ0n) is 11.9. The quantitative estimate of drug-likeness (QED) is 0.919. The molecule has 0 spiro atoms. The highest BCUT2D eigenvalue weighted by molar-refractivity contribution is 5.54. The molecule has 1 aromatic rings. The largest absolute Gasteiger partial charge is 0.393 e. The predicted octanol–water partition coefficient (Wildman–Crippen LogP) is 2.38. The summed E-state index contributed by atoms with van der Waals surface area (Å²) in [5.41, 5.74) is 1.89. The van der Waals surface area contributed by atoms with Crippen molar-refractivity contribution in [2.24, 2.45) is 0 Å². The summed E-state index contributed by atoms with van der Waals surface area (Å²) in [4.78, 5) is 4.56. The van der Waals surface area contributed by atoms with Crippen molar-refractivity contribution in [3.8, 4) is 0 Å². The molecule has 110 valence electrons. The van der Waals surface area contributed by atoms with Gasteiger partial charge in [0, 0.05) is 44.0 Å². The Hall–Kier alpha value is -1.13. The Morgan fingerprint density at radius 1 is 1.10 bits per heavy atom. The van der Waals surface area contributed by atoms with Gasteiger partial charge < -0.3 is 10.0 Å². The van der Waals surface area contributed by atoms with Crippen LogP contribution >= 0.6 is 0 Å². The van der Waals surface area contributed by atoms with Crippen molar-refractivity contribution in [2.45, 2.75) is 38.3 Å². The molecule has 0 amide bonds. The molecule has 2 heterocycles. The van der Waals surface area contributed by atoms with Crippen LogP contribution in [0.4, 0.5) is 10.1 Å². The number of anilines is 1. The molecule has 1 aromatic carbocycles. The fourth-order valence-electron chi connectivity index (χ4n) is 3.26. The Morgan fingerprint density at radius 2 is 1.80 bits per heavy atom. The number of likely N-dealkylation sites (tertiary alicyclic amines) is 1. The second-order valence-corrected chi connectivity index (χ2v) is 5.94. The highest BCUT2D eigenvalue weighted by Crippen LogP contribution is 2.28. The highest BCUT2D eigenvalue weighted by Gasteiger charge is 2.22. The number of aliphatic hydroxyl groups excluding tert-OH is 1. The zero-order chi connectivity index (χ0) is 13.9. The van der Waals surface area contributed by atoms with E-state index in [-0.39, 0.29) is 11.9 Å². The third-order valence-corrected chi connectivity index (χ3v) is 4.48. The molecule has 0 radical (unpaired) electrons. The number of halogens is 1. The first-order chi connectivity index (χ1) is 9.74. The molecule has 4 heteroatoms. The molecular weight excluding hydrogens is 255 g/mol. The summed E-state index contributed by atoms with van der Waals surface area (Å²) in [5, 5.41) is 9.57. The summed E-state index contributed by atoms with van der Waals surface area (Å²) in [6.45, 7) is 4.44. The summed E-state index contributed by atoms with van der Waals surface area (Å²) in [6, 6.07) is 5.42. The number of hydrogen-bond acceptors (Lipinski definition) is 3. The molecule has 0 unspecified atom stereocenters. The maximum absolute atomic E-state index is 14.2. The molecule has 2 saturated heterocycles. The van der Waals surface area contributed by atoms with E-state index < -0.39 is 0 Å². The van der Waals surface area contributed by atoms with Crippen LogP contribution in [-0.4, -0.2) is 42.3 Å². The first-order valence-corrected chi connectivity index (χ1v) is 7.67. The normalized spacial score (nSPS) is 21.6. The van der Waals surface area contributed by atoms with Crippen molar-refractivity contribution in [3.63, 3.8) is 0 Å². The molecule has 3 rings (SSSR count). The van der Waals surface area contributed by atoms with E-state index in [1.165, 1.54) is 12.8 Å². The van der Waals surface area contributed by atoms with Gasteiger partial charge in [-0.3, -0.25) is 4.90 Å². The maximum Gasteiger partial charge on any atom is 0.129 e. The topological polar surface area (TPSA) is 26.7 Å². The van der Waals surface area contributed by atoms with Crippen LogP contribution in [0.15, 0.2) is 18.2 Å². The standard InChI is InChI=1S/C16H23FN2O/c17-15-4-3-5-16(19-8-1-2-9-19)14(15)12-18-10-6-13(20)7-11-18/h3-5,13,20H,1-2,6-12H2. The Kier molecular flexibility index (Phi) is 4.22. The zero-order valence-corrected chi connectivity index (χ0v) is 11.9. The van der Waals surface area contributed by atoms with E-state index in [4.69, 9.17) is 0 Å². The molecule has 0 aromatic heterocycles. The van der Waals surface area contributed by atoms with Gasteiger partial charge in [-0.05, 0) is 37.8 Å². The first kappa shape index (κ1) is 13.8. The van der Waals surface area contributed by atoms with E-state index in [1.807, 2.05) is 12.1 Å². The summed E-state index contributed by atoms with van der Waals surface area (Å²) < 4.78 is 14.2. The van der Waals surface area contributed by atoms with Gasteiger partial charge in [0.1, 0.15) is 5.82 Å². The number of rotatable bonds is 3. The minimum absolute atomic E-state index is 0.0967. The molecule has 0 saturated carbocycles. The van der Waals surface area contributed by atoms with Gasteiger partial charge >= 0.3 is 0 Å². The molecule has 2 aliphatic rings. The van der Waals surface area contributed by atoms with Crippen LogP contribution in [-0.2, 0) is 6.54 Å². The van der Waals surface area contributed by atoms with E-state index in [0.29, 0.717) is 6.54 Å². The third-order valence-electron chi connectivity index (χ3n) is 4.48. The molecule has 3 nitrogen and oxygen atoms in total. The van der Waals surface area contributed by atoms with Crippen LogP contribution in [0.25, 0.3) is 0 Å². The SMILES string of the molecule is OC1CCN(Cc2c(F)cccc2N2CCCC2)CC1. The van der Waals surface area contributed by atoms with Crippen LogP contribution in [0.3, 0.4) is 0 Å². The summed E-state index contributed by atoms with van der Waals surface area (Å²) in [7, 11) is 0. The monoisotopic (exact) mass is 278 g/mol. The van der Waals surface area contributed by atoms with Crippen molar-refractivity contribution in [1.82, 2.24) is 4.90 Å². The van der Waals surface area contributed by atoms with E-state index in [0.717, 1.165) is 50.3 Å². The van der Waals surface area contributed by atoms with Gasteiger partial charge in [0.25, 0.3) is 0 Å². The summed E-state index contributed by atoms with van der Waals surface area (Å²) >= 11 is 0. The predicted molar refractivity (Wildman–Crippen MR) is 78.4 cm³/mol. The molecule has 2 fully saturated rings. The van der Waals surface area contributed by atoms with Crippen LogP contribution < -0.4 is 4.90 Å². The third kappa shape index (κ3) is 2.96. The lowest BCUT2D eigenvalue weighted by molar-refractivity contribution is 0.0788. The lowest BCUT2D eigenvalue weighted by Crippen LogP contribution is -2.36. The molecule has 20 heavy (non-hydrogen) atoms. The van der Waals surface area contributed by atoms with Crippen molar-refractivity contribution in [3.05, 3.63) is 29.6 Å². The molecular formula is C16H23FN2O. The Labute approximate surface area is 120 Å². The molecule has 1 N–H and O–H groups in total. The second kappa shape index (κ2) is 6.10. The van der Waals surface area contributed by atoms with Gasteiger partial charge in [-0.15, -0.1) is 0 Å². The van der Waals surface area contributed by atoms with Gasteiger partial charge in [0.15, 0.2) is 0 Å². The minimum atomic E-state index is -0.176. The first-order valence-electron chi connectivity index (χ1n) is 7.67. The average Bonchev–Trinajstić information content (AvgIpc) is 2.97. The van der Waals surface area contributed by atoms with E-state index in [1.54, 1.807) is 6.07 Å². The fourth-order valence-corrected chi connectivity index (χ4v) is 3.26. The minimum Gasteiger partial charge on any atom is -0.393 e. The van der Waals surface area contributed by atoms with Crippen molar-refractivity contribution in [2.75, 3.05) is 31.1 Å². The summed E-state index contributed by atoms with van der Waals surface area (Å²) in [6.07, 6.45) is 3.82. The van der Waals surface area contributed by atoms with Crippen LogP contribution in [0.1, 0.15) is 31.2 Å². The lowest BCUT2D eigenvalue weighted by atomic mass is 10.1. The van der Waals surface area contributed by atoms with E-state index in [2.05, 4.69) is 9.80 Å². The van der Waals surface area contributed by atoms with E-state index in [9.17, 15) is 9.50 Å². The van der Waals surface area contributed by atoms with Crippen molar-refractivity contribution in [1.29, 1.82) is 0 Å². The van der Waals surface area contributed by atoms with Crippen molar-refractivity contribution < 1.29 is 9.50 Å². The fraction of sp³-hybridized carbons (Fsp3) is 0.625. The van der Waals surface area contributed by atoms with Gasteiger partial charge in [0.2, 0.25) is 0 Å². The number of aliphatic hydroxyl groups is 1. The highest BCUT2D eigenvalue weighted by atomic mass is 19.1. The molecule has 0 atom stereocenters.